The lowest BCUT2D eigenvalue weighted by molar-refractivity contribution is 0.119. The second kappa shape index (κ2) is 13.7. The highest BCUT2D eigenvalue weighted by Crippen LogP contribution is 2.17. The van der Waals surface area contributed by atoms with Crippen molar-refractivity contribution in [1.82, 2.24) is 15.6 Å². The van der Waals surface area contributed by atoms with Gasteiger partial charge in [0.05, 0.1) is 26.0 Å². The van der Waals surface area contributed by atoms with Gasteiger partial charge < -0.3 is 20.1 Å². The van der Waals surface area contributed by atoms with E-state index in [2.05, 4.69) is 39.8 Å². The first kappa shape index (κ1) is 24.6. The van der Waals surface area contributed by atoms with E-state index < -0.39 is 0 Å². The van der Waals surface area contributed by atoms with E-state index in [1.807, 2.05) is 24.3 Å². The van der Waals surface area contributed by atoms with Crippen LogP contribution in [0.15, 0.2) is 34.6 Å². The number of methoxy groups -OCH3 is 1. The van der Waals surface area contributed by atoms with Gasteiger partial charge in [-0.05, 0) is 30.0 Å². The molecule has 8 heteroatoms. The van der Waals surface area contributed by atoms with E-state index in [1.165, 1.54) is 0 Å². The summed E-state index contributed by atoms with van der Waals surface area (Å²) >= 11 is 1.68. The molecule has 2 rings (SSSR count). The van der Waals surface area contributed by atoms with Crippen molar-refractivity contribution in [2.45, 2.75) is 39.3 Å². The van der Waals surface area contributed by atoms with Gasteiger partial charge in [0.1, 0.15) is 10.8 Å². The highest BCUT2D eigenvalue weighted by Gasteiger charge is 2.06. The van der Waals surface area contributed by atoms with Crippen molar-refractivity contribution in [1.29, 1.82) is 0 Å². The number of nitrogens with one attached hydrogen (secondary N) is 2. The number of halogens is 1. The Kier molecular flexibility index (Phi) is 12.1. The fourth-order valence-corrected chi connectivity index (χ4v) is 3.24. The van der Waals surface area contributed by atoms with Crippen molar-refractivity contribution in [3.05, 3.63) is 45.9 Å². The number of nitrogens with zero attached hydrogens (tertiary/aromatic N) is 2. The molecule has 1 aromatic carbocycles. The Balaban J connectivity index is 0.00000392. The van der Waals surface area contributed by atoms with Gasteiger partial charge in [0.25, 0.3) is 0 Å². The van der Waals surface area contributed by atoms with Gasteiger partial charge in [0.2, 0.25) is 0 Å². The van der Waals surface area contributed by atoms with Crippen LogP contribution in [-0.4, -0.2) is 38.3 Å². The number of benzene rings is 1. The van der Waals surface area contributed by atoms with Crippen LogP contribution >= 0.6 is 35.3 Å². The summed E-state index contributed by atoms with van der Waals surface area (Å²) in [6.07, 6.45) is 0.908. The van der Waals surface area contributed by atoms with Crippen molar-refractivity contribution in [3.63, 3.8) is 0 Å². The van der Waals surface area contributed by atoms with Gasteiger partial charge in [0.15, 0.2) is 5.96 Å². The third-order valence-corrected chi connectivity index (χ3v) is 4.84. The average Bonchev–Trinajstić information content (AvgIpc) is 3.16. The Labute approximate surface area is 189 Å². The first-order chi connectivity index (χ1) is 13.1. The molecule has 2 N–H and O–H groups in total. The molecule has 0 saturated carbocycles. The lowest BCUT2D eigenvalue weighted by Gasteiger charge is -2.11. The van der Waals surface area contributed by atoms with E-state index >= 15 is 0 Å². The fourth-order valence-electron chi connectivity index (χ4n) is 2.34. The maximum atomic E-state index is 5.71. The van der Waals surface area contributed by atoms with Crippen molar-refractivity contribution < 1.29 is 9.47 Å². The molecule has 2 aromatic rings. The molecule has 0 saturated heterocycles. The molecule has 0 aliphatic carbocycles. The highest BCUT2D eigenvalue weighted by atomic mass is 127. The summed E-state index contributed by atoms with van der Waals surface area (Å²) < 4.78 is 10.9. The lowest BCUT2D eigenvalue weighted by Crippen LogP contribution is -2.37. The zero-order valence-corrected chi connectivity index (χ0v) is 20.2. The van der Waals surface area contributed by atoms with E-state index in [9.17, 15) is 0 Å². The standard InChI is InChI=1S/C20H30N4O2S.HI/c1-15(2)18-14-27-19(24-18)12-23-20(21-3)22-10-5-11-26-13-16-6-8-17(25-4)9-7-16;/h6-9,14-15H,5,10-13H2,1-4H3,(H2,21,22,23);1H. The number of rotatable bonds is 10. The minimum atomic E-state index is 0. The molecule has 0 aliphatic rings. The molecule has 0 bridgehead atoms. The first-order valence-corrected chi connectivity index (χ1v) is 10.1. The number of thiazole rings is 1. The second-order valence-corrected chi connectivity index (χ2v) is 7.37. The third kappa shape index (κ3) is 8.74. The smallest absolute Gasteiger partial charge is 0.191 e. The Morgan fingerprint density at radius 1 is 1.21 bits per heavy atom. The molecule has 1 heterocycles. The van der Waals surface area contributed by atoms with E-state index in [0.29, 0.717) is 25.7 Å². The van der Waals surface area contributed by atoms with Gasteiger partial charge in [-0.3, -0.25) is 4.99 Å². The zero-order valence-electron chi connectivity index (χ0n) is 17.0. The monoisotopic (exact) mass is 518 g/mol. The van der Waals surface area contributed by atoms with Crippen LogP contribution in [0.1, 0.15) is 42.5 Å². The predicted octanol–water partition coefficient (Wildman–Crippen LogP) is 4.17. The fraction of sp³-hybridized carbons (Fsp3) is 0.500. The number of hydrogen-bond acceptors (Lipinski definition) is 5. The number of ether oxygens (including phenoxy) is 2. The minimum Gasteiger partial charge on any atom is -0.497 e. The molecule has 0 amide bonds. The van der Waals surface area contributed by atoms with Crippen molar-refractivity contribution in [2.75, 3.05) is 27.3 Å². The SMILES string of the molecule is CN=C(NCCCOCc1ccc(OC)cc1)NCc1nc(C(C)C)cs1.I. The number of aliphatic imine (C=N–C) groups is 1. The van der Waals surface area contributed by atoms with E-state index in [4.69, 9.17) is 9.47 Å². The quantitative estimate of drug-likeness (QED) is 0.214. The van der Waals surface area contributed by atoms with Crippen molar-refractivity contribution >= 4 is 41.3 Å². The highest BCUT2D eigenvalue weighted by molar-refractivity contribution is 14.0. The summed E-state index contributed by atoms with van der Waals surface area (Å²) in [5.74, 6) is 2.11. The summed E-state index contributed by atoms with van der Waals surface area (Å²) in [5, 5.41) is 9.80. The Bertz CT molecular complexity index is 704. The summed E-state index contributed by atoms with van der Waals surface area (Å²) in [6.45, 7) is 7.11. The van der Waals surface area contributed by atoms with Crippen LogP contribution in [0.2, 0.25) is 0 Å². The van der Waals surface area contributed by atoms with Gasteiger partial charge in [-0.1, -0.05) is 26.0 Å². The molecular formula is C20H31IN4O2S. The number of aromatic nitrogens is 1. The first-order valence-electron chi connectivity index (χ1n) is 9.22. The molecule has 0 spiro atoms. The van der Waals surface area contributed by atoms with Gasteiger partial charge in [-0.25, -0.2) is 4.98 Å². The maximum absolute atomic E-state index is 5.71. The van der Waals surface area contributed by atoms with Gasteiger partial charge in [-0.15, -0.1) is 35.3 Å². The topological polar surface area (TPSA) is 67.8 Å². The van der Waals surface area contributed by atoms with Gasteiger partial charge in [0, 0.05) is 25.6 Å². The number of hydrogen-bond donors (Lipinski definition) is 2. The lowest BCUT2D eigenvalue weighted by atomic mass is 10.2. The summed E-state index contributed by atoms with van der Waals surface area (Å²) in [4.78, 5) is 8.87. The largest absolute Gasteiger partial charge is 0.497 e. The molecule has 1 aromatic heterocycles. The van der Waals surface area contributed by atoms with Crippen LogP contribution in [0.5, 0.6) is 5.75 Å². The van der Waals surface area contributed by atoms with Crippen LogP contribution in [0.4, 0.5) is 0 Å². The molecule has 0 atom stereocenters. The average molecular weight is 518 g/mol. The van der Waals surface area contributed by atoms with E-state index in [0.717, 1.165) is 40.9 Å². The molecule has 28 heavy (non-hydrogen) atoms. The third-order valence-electron chi connectivity index (χ3n) is 3.98. The van der Waals surface area contributed by atoms with Crippen LogP contribution in [-0.2, 0) is 17.9 Å². The van der Waals surface area contributed by atoms with Crippen molar-refractivity contribution in [3.8, 4) is 5.75 Å². The van der Waals surface area contributed by atoms with Crippen molar-refractivity contribution in [2.24, 2.45) is 4.99 Å². The Morgan fingerprint density at radius 3 is 2.57 bits per heavy atom. The molecule has 156 valence electrons. The van der Waals surface area contributed by atoms with Gasteiger partial charge >= 0.3 is 0 Å². The van der Waals surface area contributed by atoms with E-state index in [-0.39, 0.29) is 24.0 Å². The minimum absolute atomic E-state index is 0. The molecule has 0 unspecified atom stereocenters. The summed E-state index contributed by atoms with van der Waals surface area (Å²) in [5.41, 5.74) is 2.29. The van der Waals surface area contributed by atoms with Crippen LogP contribution in [0.3, 0.4) is 0 Å². The zero-order chi connectivity index (χ0) is 19.5. The summed E-state index contributed by atoms with van der Waals surface area (Å²) in [6, 6.07) is 7.93. The molecular weight excluding hydrogens is 487 g/mol. The number of guanidine groups is 1. The van der Waals surface area contributed by atoms with Gasteiger partial charge in [-0.2, -0.15) is 0 Å². The normalized spacial score (nSPS) is 11.2. The van der Waals surface area contributed by atoms with Crippen LogP contribution in [0, 0.1) is 0 Å². The molecule has 6 nitrogen and oxygen atoms in total. The second-order valence-electron chi connectivity index (χ2n) is 6.43. The van der Waals surface area contributed by atoms with Crippen LogP contribution < -0.4 is 15.4 Å². The summed E-state index contributed by atoms with van der Waals surface area (Å²) in [7, 11) is 3.44. The Morgan fingerprint density at radius 2 is 1.96 bits per heavy atom. The molecule has 0 aliphatic heterocycles. The molecule has 0 fully saturated rings. The van der Waals surface area contributed by atoms with E-state index in [1.54, 1.807) is 25.5 Å². The van der Waals surface area contributed by atoms with Crippen LogP contribution in [0.25, 0.3) is 0 Å². The maximum Gasteiger partial charge on any atom is 0.191 e. The Hall–Kier alpha value is -1.39. The molecule has 0 radical (unpaired) electrons. The predicted molar refractivity (Wildman–Crippen MR) is 127 cm³/mol.